The van der Waals surface area contributed by atoms with Crippen LogP contribution in [-0.2, 0) is 28.0 Å². The largest absolute Gasteiger partial charge is 0.435 e. The predicted molar refractivity (Wildman–Crippen MR) is 62.3 cm³/mol. The average molecular weight is 313 g/mol. The van der Waals surface area contributed by atoms with Crippen molar-refractivity contribution in [2.75, 3.05) is 13.2 Å². The van der Waals surface area contributed by atoms with Gasteiger partial charge in [0.2, 0.25) is 0 Å². The smallest absolute Gasteiger partial charge is 0.379 e. The summed E-state index contributed by atoms with van der Waals surface area (Å²) in [6.07, 6.45) is -4.69. The van der Waals surface area contributed by atoms with Crippen molar-refractivity contribution in [3.63, 3.8) is 0 Å². The summed E-state index contributed by atoms with van der Waals surface area (Å²) in [5, 5.41) is 2.66. The van der Waals surface area contributed by atoms with Crippen LogP contribution in [0.1, 0.15) is 12.6 Å². The highest BCUT2D eigenvalue weighted by molar-refractivity contribution is 7.89. The fraction of sp³-hybridized carbons (Fsp3) is 0.700. The summed E-state index contributed by atoms with van der Waals surface area (Å²) in [6, 6.07) is 0.0623. The molecule has 1 aliphatic rings. The van der Waals surface area contributed by atoms with Crippen LogP contribution in [0.4, 0.5) is 13.2 Å². The molecule has 0 aliphatic carbocycles. The van der Waals surface area contributed by atoms with Gasteiger partial charge in [0.1, 0.15) is 0 Å². The first-order chi connectivity index (χ1) is 9.11. The predicted octanol–water partition coefficient (Wildman–Crippen LogP) is 0.752. The van der Waals surface area contributed by atoms with E-state index in [1.807, 2.05) is 0 Å². The number of hydrogen-bond acceptors (Lipinski definition) is 4. The number of hydrogen-bond donors (Lipinski definition) is 1. The van der Waals surface area contributed by atoms with E-state index in [4.69, 9.17) is 4.74 Å². The second kappa shape index (κ2) is 5.01. The molecular formula is C10H14F3N3O3S. The number of nitrogens with one attached hydrogen (secondary N) is 1. The highest BCUT2D eigenvalue weighted by atomic mass is 32.2. The van der Waals surface area contributed by atoms with Gasteiger partial charge in [0.05, 0.1) is 19.3 Å². The fourth-order valence-electron chi connectivity index (χ4n) is 1.91. The molecule has 2 atom stereocenters. The number of sulfonamides is 1. The molecule has 0 aromatic carbocycles. The molecule has 2 unspecified atom stereocenters. The molecule has 10 heteroatoms. The molecule has 1 N–H and O–H groups in total. The number of ether oxygens (including phenoxy) is 1. The van der Waals surface area contributed by atoms with Gasteiger partial charge in [-0.15, -0.1) is 0 Å². The molecule has 2 rings (SSSR count). The quantitative estimate of drug-likeness (QED) is 0.894. The van der Waals surface area contributed by atoms with Gasteiger partial charge < -0.3 is 4.74 Å². The number of nitrogens with zero attached hydrogens (tertiary/aromatic N) is 2. The minimum atomic E-state index is -4.69. The number of rotatable bonds is 3. The van der Waals surface area contributed by atoms with Crippen molar-refractivity contribution >= 4 is 10.0 Å². The lowest BCUT2D eigenvalue weighted by atomic mass is 10.1. The van der Waals surface area contributed by atoms with Gasteiger partial charge in [0.15, 0.2) is 10.7 Å². The lowest BCUT2D eigenvalue weighted by molar-refractivity contribution is -0.141. The Balaban J connectivity index is 2.28. The molecule has 1 fully saturated rings. The van der Waals surface area contributed by atoms with Crippen molar-refractivity contribution in [3.05, 3.63) is 11.8 Å². The topological polar surface area (TPSA) is 73.2 Å². The highest BCUT2D eigenvalue weighted by Crippen LogP contribution is 2.29. The van der Waals surface area contributed by atoms with E-state index in [0.717, 1.165) is 7.05 Å². The Morgan fingerprint density at radius 3 is 2.55 bits per heavy atom. The lowest BCUT2D eigenvalue weighted by Crippen LogP contribution is -2.39. The maximum Gasteiger partial charge on any atom is 0.435 e. The van der Waals surface area contributed by atoms with Crippen molar-refractivity contribution < 1.29 is 26.3 Å². The summed E-state index contributed by atoms with van der Waals surface area (Å²) in [7, 11) is -2.93. The molecular weight excluding hydrogens is 299 g/mol. The van der Waals surface area contributed by atoms with Gasteiger partial charge in [-0.3, -0.25) is 4.68 Å². The normalized spacial score (nSPS) is 24.2. The van der Waals surface area contributed by atoms with Crippen molar-refractivity contribution in [2.24, 2.45) is 13.0 Å². The number of alkyl halides is 3. The molecule has 6 nitrogen and oxygen atoms in total. The van der Waals surface area contributed by atoms with Crippen LogP contribution in [0.25, 0.3) is 0 Å². The summed E-state index contributed by atoms with van der Waals surface area (Å²) in [6.45, 7) is 2.40. The summed E-state index contributed by atoms with van der Waals surface area (Å²) in [5.41, 5.74) is -1.24. The van der Waals surface area contributed by atoms with Crippen molar-refractivity contribution in [3.8, 4) is 0 Å². The standard InChI is InChI=1S/C10H14F3N3O3S/c1-6-4-19-5-7(6)15-20(17,18)9-3-8(10(11,12)13)14-16(9)2/h3,6-7,15H,4-5H2,1-2H3. The number of aryl methyl sites for hydroxylation is 1. The molecule has 20 heavy (non-hydrogen) atoms. The summed E-state index contributed by atoms with van der Waals surface area (Å²) >= 11 is 0. The Morgan fingerprint density at radius 1 is 1.45 bits per heavy atom. The van der Waals surface area contributed by atoms with Crippen molar-refractivity contribution in [1.29, 1.82) is 0 Å². The molecule has 0 amide bonds. The van der Waals surface area contributed by atoms with E-state index in [0.29, 0.717) is 17.4 Å². The second-order valence-electron chi connectivity index (χ2n) is 4.73. The van der Waals surface area contributed by atoms with Gasteiger partial charge in [-0.25, -0.2) is 13.1 Å². The second-order valence-corrected chi connectivity index (χ2v) is 6.39. The van der Waals surface area contributed by atoms with E-state index in [-0.39, 0.29) is 12.5 Å². The Labute approximate surface area is 114 Å². The fourth-order valence-corrected chi connectivity index (χ4v) is 3.39. The van der Waals surface area contributed by atoms with Gasteiger partial charge in [0.25, 0.3) is 10.0 Å². The van der Waals surface area contributed by atoms with E-state index >= 15 is 0 Å². The van der Waals surface area contributed by atoms with Crippen LogP contribution in [0, 0.1) is 5.92 Å². The van der Waals surface area contributed by atoms with E-state index in [9.17, 15) is 21.6 Å². The van der Waals surface area contributed by atoms with Crippen LogP contribution in [-0.4, -0.2) is 37.5 Å². The molecule has 1 aliphatic heterocycles. The van der Waals surface area contributed by atoms with Crippen LogP contribution in [0.15, 0.2) is 11.1 Å². The molecule has 1 aromatic heterocycles. The third-order valence-electron chi connectivity index (χ3n) is 3.07. The van der Waals surface area contributed by atoms with Crippen LogP contribution in [0.5, 0.6) is 0 Å². The van der Waals surface area contributed by atoms with Gasteiger partial charge in [-0.05, 0) is 5.92 Å². The van der Waals surface area contributed by atoms with Crippen LogP contribution in [0.2, 0.25) is 0 Å². The van der Waals surface area contributed by atoms with Crippen LogP contribution < -0.4 is 4.72 Å². The van der Waals surface area contributed by atoms with Gasteiger partial charge in [0, 0.05) is 13.1 Å². The van der Waals surface area contributed by atoms with E-state index in [1.165, 1.54) is 0 Å². The summed E-state index contributed by atoms with van der Waals surface area (Å²) in [5.74, 6) is -0.0416. The van der Waals surface area contributed by atoms with Crippen molar-refractivity contribution in [2.45, 2.75) is 24.2 Å². The Bertz CT molecular complexity index is 597. The summed E-state index contributed by atoms with van der Waals surface area (Å²) in [4.78, 5) is 0. The van der Waals surface area contributed by atoms with Crippen LogP contribution in [0.3, 0.4) is 0 Å². The first kappa shape index (κ1) is 15.3. The van der Waals surface area contributed by atoms with E-state index in [2.05, 4.69) is 9.82 Å². The third kappa shape index (κ3) is 2.96. The number of halogens is 3. The monoisotopic (exact) mass is 313 g/mol. The molecule has 0 saturated carbocycles. The average Bonchev–Trinajstić information content (AvgIpc) is 2.85. The summed E-state index contributed by atoms with van der Waals surface area (Å²) < 4.78 is 69.9. The molecule has 1 aromatic rings. The Hall–Kier alpha value is -1.13. The van der Waals surface area contributed by atoms with Gasteiger partial charge in [-0.1, -0.05) is 6.92 Å². The molecule has 0 radical (unpaired) electrons. The molecule has 2 heterocycles. The molecule has 0 spiro atoms. The zero-order chi connectivity index (χ0) is 15.1. The van der Waals surface area contributed by atoms with Crippen molar-refractivity contribution in [1.82, 2.24) is 14.5 Å². The first-order valence-corrected chi connectivity index (χ1v) is 7.31. The third-order valence-corrected chi connectivity index (χ3v) is 4.62. The Kier molecular flexibility index (Phi) is 3.82. The molecule has 114 valence electrons. The molecule has 1 saturated heterocycles. The highest BCUT2D eigenvalue weighted by Gasteiger charge is 2.37. The SMILES string of the molecule is CC1COCC1NS(=O)(=O)c1cc(C(F)(F)F)nn1C. The zero-order valence-electron chi connectivity index (χ0n) is 10.8. The molecule has 0 bridgehead atoms. The van der Waals surface area contributed by atoms with E-state index < -0.39 is 33.0 Å². The van der Waals surface area contributed by atoms with Crippen LogP contribution >= 0.6 is 0 Å². The minimum absolute atomic E-state index is 0.0416. The van der Waals surface area contributed by atoms with Gasteiger partial charge in [-0.2, -0.15) is 18.3 Å². The minimum Gasteiger partial charge on any atom is -0.379 e. The zero-order valence-corrected chi connectivity index (χ0v) is 11.6. The lowest BCUT2D eigenvalue weighted by Gasteiger charge is -2.15. The first-order valence-electron chi connectivity index (χ1n) is 5.82. The maximum absolute atomic E-state index is 12.5. The Morgan fingerprint density at radius 2 is 2.10 bits per heavy atom. The number of aromatic nitrogens is 2. The van der Waals surface area contributed by atoms with Gasteiger partial charge >= 0.3 is 6.18 Å². The maximum atomic E-state index is 12.5. The van der Waals surface area contributed by atoms with E-state index in [1.54, 1.807) is 6.92 Å².